The van der Waals surface area contributed by atoms with Crippen LogP contribution in [-0.4, -0.2) is 28.2 Å². The molecule has 0 fully saturated rings. The topological polar surface area (TPSA) is 101 Å². The first-order valence-electron chi connectivity index (χ1n) is 4.44. The van der Waals surface area contributed by atoms with Crippen molar-refractivity contribution < 1.29 is 19.5 Å². The van der Waals surface area contributed by atoms with E-state index in [1.54, 1.807) is 13.8 Å². The third-order valence-corrected chi connectivity index (χ3v) is 2.52. The van der Waals surface area contributed by atoms with Gasteiger partial charge >= 0.3 is 12.0 Å². The van der Waals surface area contributed by atoms with Crippen LogP contribution < -0.4 is 10.8 Å². The zero-order valence-corrected chi connectivity index (χ0v) is 9.55. The van der Waals surface area contributed by atoms with Crippen LogP contribution in [0, 0.1) is 6.92 Å². The van der Waals surface area contributed by atoms with Gasteiger partial charge in [0, 0.05) is 0 Å². The molecule has 0 saturated carbocycles. The second-order valence-electron chi connectivity index (χ2n) is 2.76. The molecule has 0 aliphatic rings. The third-order valence-electron chi connectivity index (χ3n) is 1.67. The van der Waals surface area contributed by atoms with Crippen molar-refractivity contribution in [3.05, 3.63) is 11.3 Å². The molecular formula is C8H11N3O4S. The normalized spacial score (nSPS) is 9.69. The van der Waals surface area contributed by atoms with Crippen LogP contribution in [0.5, 0.6) is 0 Å². The Morgan fingerprint density at radius 1 is 1.56 bits per heavy atom. The summed E-state index contributed by atoms with van der Waals surface area (Å²) in [5, 5.41) is 10.9. The summed E-state index contributed by atoms with van der Waals surface area (Å²) in [7, 11) is 0. The summed E-state index contributed by atoms with van der Waals surface area (Å²) >= 11 is 0.940. The standard InChI is InChI=1S/C8H11N3O4S/c1-3-15-7(12)5-4(2)11-16-6(5)9-8(13)10-14/h14H,3H2,1-2H3,(H2,9,10,13). The van der Waals surface area contributed by atoms with Gasteiger partial charge in [-0.15, -0.1) is 0 Å². The van der Waals surface area contributed by atoms with E-state index in [1.807, 2.05) is 0 Å². The molecule has 7 nitrogen and oxygen atoms in total. The quantitative estimate of drug-likeness (QED) is 0.421. The highest BCUT2D eigenvalue weighted by Crippen LogP contribution is 2.25. The molecule has 0 aromatic carbocycles. The number of carbonyl (C=O) groups excluding carboxylic acids is 2. The van der Waals surface area contributed by atoms with E-state index >= 15 is 0 Å². The first-order chi connectivity index (χ1) is 7.60. The van der Waals surface area contributed by atoms with Crippen LogP contribution in [0.25, 0.3) is 0 Å². The van der Waals surface area contributed by atoms with E-state index in [1.165, 1.54) is 5.48 Å². The van der Waals surface area contributed by atoms with Gasteiger partial charge in [0.05, 0.1) is 12.3 Å². The minimum atomic E-state index is -0.839. The van der Waals surface area contributed by atoms with E-state index < -0.39 is 12.0 Å². The maximum atomic E-state index is 11.5. The highest BCUT2D eigenvalue weighted by atomic mass is 32.1. The number of hydrogen-bond acceptors (Lipinski definition) is 6. The average Bonchev–Trinajstić information content (AvgIpc) is 2.60. The third kappa shape index (κ3) is 2.67. The molecule has 0 spiro atoms. The molecule has 8 heteroatoms. The van der Waals surface area contributed by atoms with Gasteiger partial charge in [-0.25, -0.2) is 15.1 Å². The monoisotopic (exact) mass is 245 g/mol. The zero-order chi connectivity index (χ0) is 12.1. The van der Waals surface area contributed by atoms with Gasteiger partial charge in [0.25, 0.3) is 0 Å². The molecule has 0 radical (unpaired) electrons. The number of rotatable bonds is 3. The first kappa shape index (κ1) is 12.4. The second-order valence-corrected chi connectivity index (χ2v) is 3.53. The molecule has 0 unspecified atom stereocenters. The number of carbonyl (C=O) groups is 2. The minimum absolute atomic E-state index is 0.204. The largest absolute Gasteiger partial charge is 0.462 e. The van der Waals surface area contributed by atoms with E-state index in [-0.39, 0.29) is 17.2 Å². The van der Waals surface area contributed by atoms with Gasteiger partial charge in [0.2, 0.25) is 0 Å². The molecule has 16 heavy (non-hydrogen) atoms. The van der Waals surface area contributed by atoms with Crippen LogP contribution in [-0.2, 0) is 4.74 Å². The van der Waals surface area contributed by atoms with Crippen molar-refractivity contribution >= 4 is 28.5 Å². The Morgan fingerprint density at radius 2 is 2.25 bits per heavy atom. The summed E-state index contributed by atoms with van der Waals surface area (Å²) in [5.74, 6) is -0.554. The molecule has 2 amide bonds. The fraction of sp³-hybridized carbons (Fsp3) is 0.375. The number of amides is 2. The van der Waals surface area contributed by atoms with Gasteiger partial charge in [-0.1, -0.05) is 0 Å². The van der Waals surface area contributed by atoms with Crippen molar-refractivity contribution in [2.75, 3.05) is 11.9 Å². The van der Waals surface area contributed by atoms with Crippen LogP contribution in [0.3, 0.4) is 0 Å². The number of hydrogen-bond donors (Lipinski definition) is 3. The Bertz CT molecular complexity index is 404. The SMILES string of the molecule is CCOC(=O)c1c(C)nsc1NC(=O)NO. The van der Waals surface area contributed by atoms with E-state index in [2.05, 4.69) is 9.69 Å². The number of nitrogens with one attached hydrogen (secondary N) is 2. The summed E-state index contributed by atoms with van der Waals surface area (Å²) in [4.78, 5) is 22.4. The highest BCUT2D eigenvalue weighted by Gasteiger charge is 2.20. The molecule has 0 aliphatic heterocycles. The summed E-state index contributed by atoms with van der Waals surface area (Å²) in [6.45, 7) is 3.55. The fourth-order valence-electron chi connectivity index (χ4n) is 1.03. The van der Waals surface area contributed by atoms with Crippen molar-refractivity contribution in [2.24, 2.45) is 0 Å². The van der Waals surface area contributed by atoms with Gasteiger partial charge in [-0.3, -0.25) is 10.5 Å². The van der Waals surface area contributed by atoms with Crippen molar-refractivity contribution in [1.82, 2.24) is 9.85 Å². The maximum absolute atomic E-state index is 11.5. The molecule has 1 heterocycles. The van der Waals surface area contributed by atoms with E-state index in [0.29, 0.717) is 5.69 Å². The Kier molecular flexibility index (Phi) is 4.20. The first-order valence-corrected chi connectivity index (χ1v) is 5.22. The van der Waals surface area contributed by atoms with Gasteiger partial charge in [-0.05, 0) is 25.4 Å². The van der Waals surface area contributed by atoms with Crippen molar-refractivity contribution in [2.45, 2.75) is 13.8 Å². The molecule has 3 N–H and O–H groups in total. The average molecular weight is 245 g/mol. The van der Waals surface area contributed by atoms with Crippen molar-refractivity contribution in [1.29, 1.82) is 0 Å². The minimum Gasteiger partial charge on any atom is -0.462 e. The van der Waals surface area contributed by atoms with Crippen molar-refractivity contribution in [3.8, 4) is 0 Å². The van der Waals surface area contributed by atoms with E-state index in [9.17, 15) is 9.59 Å². The van der Waals surface area contributed by atoms with Gasteiger partial charge in [-0.2, -0.15) is 4.37 Å². The van der Waals surface area contributed by atoms with Gasteiger partial charge in [0.15, 0.2) is 0 Å². The smallest absolute Gasteiger partial charge is 0.343 e. The predicted molar refractivity (Wildman–Crippen MR) is 56.7 cm³/mol. The van der Waals surface area contributed by atoms with Crippen LogP contribution in [0.1, 0.15) is 23.0 Å². The number of nitrogens with zero attached hydrogens (tertiary/aromatic N) is 1. The lowest BCUT2D eigenvalue weighted by Crippen LogP contribution is -2.25. The molecule has 0 aliphatic carbocycles. The number of urea groups is 1. The van der Waals surface area contributed by atoms with Crippen LogP contribution >= 0.6 is 11.5 Å². The zero-order valence-electron chi connectivity index (χ0n) is 8.73. The summed E-state index contributed by atoms with van der Waals surface area (Å²) < 4.78 is 8.74. The lowest BCUT2D eigenvalue weighted by atomic mass is 10.2. The van der Waals surface area contributed by atoms with Gasteiger partial charge < -0.3 is 4.74 Å². The molecule has 1 aromatic heterocycles. The molecule has 1 aromatic rings. The molecular weight excluding hydrogens is 234 g/mol. The summed E-state index contributed by atoms with van der Waals surface area (Å²) in [6, 6.07) is -0.839. The number of ether oxygens (including phenoxy) is 1. The Balaban J connectivity index is 2.93. The molecule has 0 saturated heterocycles. The maximum Gasteiger partial charge on any atom is 0.343 e. The van der Waals surface area contributed by atoms with Gasteiger partial charge in [0.1, 0.15) is 10.6 Å². The van der Waals surface area contributed by atoms with Crippen LogP contribution in [0.2, 0.25) is 0 Å². The Hall–Kier alpha value is -1.67. The Morgan fingerprint density at radius 3 is 2.81 bits per heavy atom. The lowest BCUT2D eigenvalue weighted by molar-refractivity contribution is 0.0527. The second kappa shape index (κ2) is 5.42. The number of aryl methyl sites for hydroxylation is 1. The van der Waals surface area contributed by atoms with E-state index in [4.69, 9.17) is 9.94 Å². The molecule has 88 valence electrons. The van der Waals surface area contributed by atoms with Crippen LogP contribution in [0.4, 0.5) is 9.80 Å². The number of anilines is 1. The Labute approximate surface area is 95.5 Å². The number of aromatic nitrogens is 1. The summed E-state index contributed by atoms with van der Waals surface area (Å²) in [6.07, 6.45) is 0. The van der Waals surface area contributed by atoms with Crippen LogP contribution in [0.15, 0.2) is 0 Å². The highest BCUT2D eigenvalue weighted by molar-refractivity contribution is 7.11. The fourth-order valence-corrected chi connectivity index (χ4v) is 1.81. The lowest BCUT2D eigenvalue weighted by Gasteiger charge is -2.04. The molecule has 0 atom stereocenters. The number of esters is 1. The number of hydroxylamine groups is 1. The van der Waals surface area contributed by atoms with Crippen molar-refractivity contribution in [3.63, 3.8) is 0 Å². The summed E-state index contributed by atoms with van der Waals surface area (Å²) in [5.41, 5.74) is 2.07. The molecule has 0 bridgehead atoms. The van der Waals surface area contributed by atoms with E-state index in [0.717, 1.165) is 11.5 Å². The molecule has 1 rings (SSSR count). The predicted octanol–water partition coefficient (Wildman–Crippen LogP) is 1.14.